The number of benzene rings is 2. The molecular formula is C15H12ClFO3. The highest BCUT2D eigenvalue weighted by atomic mass is 35.5. The van der Waals surface area contributed by atoms with Crippen LogP contribution in [0.5, 0.6) is 11.5 Å². The third-order valence-electron chi connectivity index (χ3n) is 2.83. The third-order valence-corrected chi connectivity index (χ3v) is 3.07. The molecule has 0 spiro atoms. The molecule has 0 bridgehead atoms. The molecule has 5 heteroatoms. The maximum atomic E-state index is 14.1. The molecule has 0 fully saturated rings. The van der Waals surface area contributed by atoms with Gasteiger partial charge in [-0.2, -0.15) is 0 Å². The van der Waals surface area contributed by atoms with Crippen LogP contribution >= 0.6 is 11.6 Å². The average Bonchev–Trinajstić information content (AvgIpc) is 2.46. The number of rotatable bonds is 4. The summed E-state index contributed by atoms with van der Waals surface area (Å²) >= 11 is 5.88. The van der Waals surface area contributed by atoms with Crippen LogP contribution in [0.2, 0.25) is 5.02 Å². The Hall–Kier alpha value is -2.07. The summed E-state index contributed by atoms with van der Waals surface area (Å²) in [5, 5.41) is 0.373. The van der Waals surface area contributed by atoms with Crippen molar-refractivity contribution in [2.24, 2.45) is 0 Å². The fraction of sp³-hybridized carbons (Fsp3) is 0.133. The van der Waals surface area contributed by atoms with Gasteiger partial charge in [0, 0.05) is 5.02 Å². The highest BCUT2D eigenvalue weighted by molar-refractivity contribution is 6.31. The molecule has 2 aromatic carbocycles. The molecule has 2 aromatic rings. The van der Waals surface area contributed by atoms with Gasteiger partial charge < -0.3 is 9.47 Å². The molecule has 0 saturated heterocycles. The first-order valence-electron chi connectivity index (χ1n) is 5.79. The van der Waals surface area contributed by atoms with Crippen LogP contribution in [-0.4, -0.2) is 20.0 Å². The van der Waals surface area contributed by atoms with Crippen molar-refractivity contribution in [2.75, 3.05) is 14.2 Å². The Morgan fingerprint density at radius 1 is 1.05 bits per heavy atom. The van der Waals surface area contributed by atoms with Crippen LogP contribution in [0.15, 0.2) is 36.4 Å². The van der Waals surface area contributed by atoms with Crippen LogP contribution in [0.1, 0.15) is 15.9 Å². The molecule has 0 N–H and O–H groups in total. The predicted octanol–water partition coefficient (Wildman–Crippen LogP) is 3.73. The Labute approximate surface area is 120 Å². The van der Waals surface area contributed by atoms with E-state index in [9.17, 15) is 9.18 Å². The van der Waals surface area contributed by atoms with Crippen LogP contribution in [0, 0.1) is 5.82 Å². The van der Waals surface area contributed by atoms with Gasteiger partial charge in [0.05, 0.1) is 25.3 Å². The van der Waals surface area contributed by atoms with Gasteiger partial charge in [0.2, 0.25) is 0 Å². The zero-order valence-corrected chi connectivity index (χ0v) is 11.7. The zero-order chi connectivity index (χ0) is 14.7. The van der Waals surface area contributed by atoms with Crippen LogP contribution in [0.3, 0.4) is 0 Å². The Morgan fingerprint density at radius 2 is 1.75 bits per heavy atom. The number of carbonyl (C=O) groups excluding carboxylic acids is 1. The summed E-state index contributed by atoms with van der Waals surface area (Å²) in [6, 6.07) is 8.99. The summed E-state index contributed by atoms with van der Waals surface area (Å²) in [6.45, 7) is 0. The van der Waals surface area contributed by atoms with Crippen LogP contribution < -0.4 is 9.47 Å². The van der Waals surface area contributed by atoms with E-state index in [2.05, 4.69) is 0 Å². The minimum absolute atomic E-state index is 0.0110. The van der Waals surface area contributed by atoms with Gasteiger partial charge >= 0.3 is 0 Å². The lowest BCUT2D eigenvalue weighted by Crippen LogP contribution is -2.07. The quantitative estimate of drug-likeness (QED) is 0.806. The normalized spacial score (nSPS) is 10.2. The molecule has 20 heavy (non-hydrogen) atoms. The SMILES string of the molecule is COc1ccc(Cl)cc1C(=O)c1cccc(OC)c1F. The first kappa shape index (κ1) is 14.3. The average molecular weight is 295 g/mol. The minimum Gasteiger partial charge on any atom is -0.496 e. The molecular weight excluding hydrogens is 283 g/mol. The van der Waals surface area contributed by atoms with E-state index in [0.717, 1.165) is 0 Å². The van der Waals surface area contributed by atoms with Gasteiger partial charge in [0.1, 0.15) is 5.75 Å². The molecule has 0 radical (unpaired) electrons. The number of hydrogen-bond acceptors (Lipinski definition) is 3. The highest BCUT2D eigenvalue weighted by Gasteiger charge is 2.20. The van der Waals surface area contributed by atoms with E-state index in [0.29, 0.717) is 10.8 Å². The number of carbonyl (C=O) groups is 1. The minimum atomic E-state index is -0.706. The summed E-state index contributed by atoms with van der Waals surface area (Å²) < 4.78 is 24.1. The molecule has 0 unspecified atom stereocenters. The number of hydrogen-bond donors (Lipinski definition) is 0. The van der Waals surface area contributed by atoms with E-state index in [1.807, 2.05) is 0 Å². The van der Waals surface area contributed by atoms with Crippen molar-refractivity contribution in [1.29, 1.82) is 0 Å². The van der Waals surface area contributed by atoms with Gasteiger partial charge in [0.15, 0.2) is 17.3 Å². The summed E-state index contributed by atoms with van der Waals surface area (Å²) in [5.74, 6) is -0.874. The zero-order valence-electron chi connectivity index (χ0n) is 10.9. The highest BCUT2D eigenvalue weighted by Crippen LogP contribution is 2.28. The van der Waals surface area contributed by atoms with Crippen molar-refractivity contribution in [3.8, 4) is 11.5 Å². The number of ether oxygens (including phenoxy) is 2. The molecule has 0 atom stereocenters. The largest absolute Gasteiger partial charge is 0.496 e. The van der Waals surface area contributed by atoms with E-state index in [1.54, 1.807) is 18.2 Å². The fourth-order valence-electron chi connectivity index (χ4n) is 1.85. The third kappa shape index (κ3) is 2.60. The lowest BCUT2D eigenvalue weighted by molar-refractivity contribution is 0.103. The van der Waals surface area contributed by atoms with Gasteiger partial charge in [-0.05, 0) is 30.3 Å². The van der Waals surface area contributed by atoms with Crippen molar-refractivity contribution < 1.29 is 18.7 Å². The standard InChI is InChI=1S/C15H12ClFO3/c1-19-12-7-6-9(16)8-11(12)15(18)10-4-3-5-13(20-2)14(10)17/h3-8H,1-2H3. The second kappa shape index (κ2) is 5.92. The molecule has 0 aliphatic carbocycles. The Balaban J connectivity index is 2.54. The second-order valence-corrected chi connectivity index (χ2v) is 4.43. The van der Waals surface area contributed by atoms with Gasteiger partial charge in [0.25, 0.3) is 0 Å². The fourth-order valence-corrected chi connectivity index (χ4v) is 2.02. The van der Waals surface area contributed by atoms with Crippen molar-refractivity contribution in [1.82, 2.24) is 0 Å². The Bertz CT molecular complexity index is 656. The molecule has 0 aliphatic rings. The van der Waals surface area contributed by atoms with Gasteiger partial charge in [-0.15, -0.1) is 0 Å². The van der Waals surface area contributed by atoms with Crippen LogP contribution in [0.25, 0.3) is 0 Å². The number of ketones is 1. The van der Waals surface area contributed by atoms with Crippen molar-refractivity contribution >= 4 is 17.4 Å². The predicted molar refractivity (Wildman–Crippen MR) is 74.4 cm³/mol. The monoisotopic (exact) mass is 294 g/mol. The Morgan fingerprint density at radius 3 is 2.40 bits per heavy atom. The van der Waals surface area contributed by atoms with Gasteiger partial charge in [-0.1, -0.05) is 17.7 Å². The van der Waals surface area contributed by atoms with Crippen molar-refractivity contribution in [2.45, 2.75) is 0 Å². The summed E-state index contributed by atoms with van der Waals surface area (Å²) in [4.78, 5) is 12.4. The van der Waals surface area contributed by atoms with E-state index >= 15 is 0 Å². The van der Waals surface area contributed by atoms with E-state index in [4.69, 9.17) is 21.1 Å². The van der Waals surface area contributed by atoms with Crippen LogP contribution in [-0.2, 0) is 0 Å². The van der Waals surface area contributed by atoms with Crippen molar-refractivity contribution in [3.63, 3.8) is 0 Å². The molecule has 3 nitrogen and oxygen atoms in total. The second-order valence-electron chi connectivity index (χ2n) is 4.00. The summed E-state index contributed by atoms with van der Waals surface area (Å²) in [6.07, 6.45) is 0. The first-order chi connectivity index (χ1) is 9.58. The lowest BCUT2D eigenvalue weighted by Gasteiger charge is -2.10. The maximum Gasteiger partial charge on any atom is 0.199 e. The van der Waals surface area contributed by atoms with E-state index in [-0.39, 0.29) is 16.9 Å². The van der Waals surface area contributed by atoms with E-state index < -0.39 is 11.6 Å². The van der Waals surface area contributed by atoms with E-state index in [1.165, 1.54) is 32.4 Å². The number of halogens is 2. The molecule has 104 valence electrons. The molecule has 0 aliphatic heterocycles. The topological polar surface area (TPSA) is 35.5 Å². The summed E-state index contributed by atoms with van der Waals surface area (Å²) in [5.41, 5.74) is 0.108. The van der Waals surface area contributed by atoms with Crippen LogP contribution in [0.4, 0.5) is 4.39 Å². The van der Waals surface area contributed by atoms with Gasteiger partial charge in [-0.25, -0.2) is 4.39 Å². The summed E-state index contributed by atoms with van der Waals surface area (Å²) in [7, 11) is 2.77. The molecule has 2 rings (SSSR count). The molecule has 0 aromatic heterocycles. The molecule has 0 saturated carbocycles. The van der Waals surface area contributed by atoms with Gasteiger partial charge in [-0.3, -0.25) is 4.79 Å². The molecule has 0 amide bonds. The smallest absolute Gasteiger partial charge is 0.199 e. The van der Waals surface area contributed by atoms with Crippen molar-refractivity contribution in [3.05, 3.63) is 58.4 Å². The lowest BCUT2D eigenvalue weighted by atomic mass is 10.0. The first-order valence-corrected chi connectivity index (χ1v) is 6.17. The molecule has 0 heterocycles. The number of methoxy groups -OCH3 is 2. The Kier molecular flexibility index (Phi) is 4.25. The maximum absolute atomic E-state index is 14.1.